The summed E-state index contributed by atoms with van der Waals surface area (Å²) < 4.78 is 2.95. The van der Waals surface area contributed by atoms with Gasteiger partial charge in [0.2, 0.25) is 5.95 Å². The highest BCUT2D eigenvalue weighted by atomic mass is 16.4. The lowest BCUT2D eigenvalue weighted by atomic mass is 10.1. The first kappa shape index (κ1) is 15.1. The van der Waals surface area contributed by atoms with Gasteiger partial charge >= 0.3 is 5.97 Å². The molecule has 0 aliphatic rings. The van der Waals surface area contributed by atoms with Crippen LogP contribution in [-0.2, 0) is 18.3 Å². The van der Waals surface area contributed by atoms with Crippen molar-refractivity contribution in [2.45, 2.75) is 6.42 Å². The second-order valence-electron chi connectivity index (χ2n) is 5.74. The molecule has 4 rings (SSSR count). The van der Waals surface area contributed by atoms with Crippen molar-refractivity contribution in [2.24, 2.45) is 7.05 Å². The van der Waals surface area contributed by atoms with Crippen molar-refractivity contribution < 1.29 is 9.90 Å². The molecule has 25 heavy (non-hydrogen) atoms. The summed E-state index contributed by atoms with van der Waals surface area (Å²) in [4.78, 5) is 28.6. The number of aromatic nitrogens is 4. The van der Waals surface area contributed by atoms with Gasteiger partial charge in [0.15, 0.2) is 0 Å². The Morgan fingerprint density at radius 2 is 1.76 bits per heavy atom. The average molecular weight is 334 g/mol. The molecule has 0 fully saturated rings. The number of nitrogens with zero attached hydrogens (tertiary/aromatic N) is 4. The van der Waals surface area contributed by atoms with Gasteiger partial charge in [-0.2, -0.15) is 9.78 Å². The lowest BCUT2D eigenvalue weighted by Crippen LogP contribution is -2.26. The van der Waals surface area contributed by atoms with Crippen LogP contribution in [0, 0.1) is 0 Å². The molecule has 7 nitrogen and oxygen atoms in total. The first-order chi connectivity index (χ1) is 12.1. The van der Waals surface area contributed by atoms with Crippen LogP contribution < -0.4 is 5.56 Å². The van der Waals surface area contributed by atoms with Gasteiger partial charge in [0.25, 0.3) is 5.56 Å². The summed E-state index contributed by atoms with van der Waals surface area (Å²) in [6, 6.07) is 14.4. The topological polar surface area (TPSA) is 90.0 Å². The molecule has 0 atom stereocenters. The zero-order valence-corrected chi connectivity index (χ0v) is 13.4. The van der Waals surface area contributed by atoms with Crippen LogP contribution in [0.15, 0.2) is 53.3 Å². The lowest BCUT2D eigenvalue weighted by molar-refractivity contribution is -0.136. The third kappa shape index (κ3) is 2.37. The largest absolute Gasteiger partial charge is 0.481 e. The van der Waals surface area contributed by atoms with Gasteiger partial charge in [-0.1, -0.05) is 30.3 Å². The molecule has 124 valence electrons. The molecular weight excluding hydrogens is 320 g/mol. The van der Waals surface area contributed by atoms with Gasteiger partial charge < -0.3 is 9.67 Å². The van der Waals surface area contributed by atoms with E-state index in [9.17, 15) is 14.7 Å². The first-order valence-corrected chi connectivity index (χ1v) is 7.71. The van der Waals surface area contributed by atoms with Crippen LogP contribution in [0.2, 0.25) is 0 Å². The number of aryl methyl sites for hydroxylation is 1. The molecule has 0 amide bonds. The number of carbonyl (C=O) groups is 1. The van der Waals surface area contributed by atoms with E-state index in [1.54, 1.807) is 35.9 Å². The molecule has 0 aliphatic heterocycles. The Hall–Kier alpha value is -3.48. The van der Waals surface area contributed by atoms with Crippen LogP contribution in [0.1, 0.15) is 5.69 Å². The summed E-state index contributed by atoms with van der Waals surface area (Å²) in [5.74, 6) is -0.656. The zero-order valence-electron chi connectivity index (χ0n) is 13.4. The normalized spacial score (nSPS) is 11.2. The van der Waals surface area contributed by atoms with Gasteiger partial charge in [-0.15, -0.1) is 0 Å². The Morgan fingerprint density at radius 3 is 2.48 bits per heavy atom. The third-order valence-corrected chi connectivity index (χ3v) is 4.15. The number of hydrogen-bond acceptors (Lipinski definition) is 4. The summed E-state index contributed by atoms with van der Waals surface area (Å²) in [5, 5.41) is 14.4. The number of carboxylic acids is 1. The molecule has 2 aromatic heterocycles. The summed E-state index contributed by atoms with van der Waals surface area (Å²) in [7, 11) is 1.80. The van der Waals surface area contributed by atoms with Crippen molar-refractivity contribution in [1.29, 1.82) is 0 Å². The number of aliphatic carboxylic acids is 1. The minimum Gasteiger partial charge on any atom is -0.481 e. The summed E-state index contributed by atoms with van der Waals surface area (Å²) >= 11 is 0. The van der Waals surface area contributed by atoms with Crippen LogP contribution in [0.25, 0.3) is 27.8 Å². The predicted molar refractivity (Wildman–Crippen MR) is 93.0 cm³/mol. The Labute approximate surface area is 141 Å². The van der Waals surface area contributed by atoms with E-state index >= 15 is 0 Å². The third-order valence-electron chi connectivity index (χ3n) is 4.15. The summed E-state index contributed by atoms with van der Waals surface area (Å²) in [6.45, 7) is 0. The van der Waals surface area contributed by atoms with E-state index in [1.807, 2.05) is 24.3 Å². The van der Waals surface area contributed by atoms with Crippen LogP contribution in [0.4, 0.5) is 0 Å². The van der Waals surface area contributed by atoms with Crippen LogP contribution in [0.5, 0.6) is 0 Å². The minimum atomic E-state index is -1.01. The standard InChI is InChI=1S/C18H14N4O3/c1-21-15-9-5-4-8-13(15)19-18(21)22-17(25)12-7-3-2-6-11(12)14(20-22)10-16(23)24/h2-9H,10H2,1H3,(H,23,24). The maximum Gasteiger partial charge on any atom is 0.309 e. The molecule has 0 saturated carbocycles. The molecule has 1 N–H and O–H groups in total. The number of hydrogen-bond donors (Lipinski definition) is 1. The maximum atomic E-state index is 12.9. The molecule has 0 bridgehead atoms. The highest BCUT2D eigenvalue weighted by Gasteiger charge is 2.17. The van der Waals surface area contributed by atoms with E-state index in [4.69, 9.17) is 0 Å². The molecule has 7 heteroatoms. The van der Waals surface area contributed by atoms with Crippen molar-refractivity contribution in [1.82, 2.24) is 19.3 Å². The van der Waals surface area contributed by atoms with E-state index in [0.29, 0.717) is 22.4 Å². The molecule has 0 radical (unpaired) electrons. The maximum absolute atomic E-state index is 12.9. The quantitative estimate of drug-likeness (QED) is 0.618. The predicted octanol–water partition coefficient (Wildman–Crippen LogP) is 1.90. The number of imidazole rings is 1. The summed E-state index contributed by atoms with van der Waals surface area (Å²) in [6.07, 6.45) is -0.273. The van der Waals surface area contributed by atoms with Gasteiger partial charge in [0, 0.05) is 12.4 Å². The highest BCUT2D eigenvalue weighted by Crippen LogP contribution is 2.18. The monoisotopic (exact) mass is 334 g/mol. The van der Waals surface area contributed by atoms with E-state index in [2.05, 4.69) is 10.1 Å². The second kappa shape index (κ2) is 5.55. The van der Waals surface area contributed by atoms with Gasteiger partial charge in [-0.05, 0) is 18.2 Å². The average Bonchev–Trinajstić information content (AvgIpc) is 2.94. The molecule has 2 heterocycles. The van der Waals surface area contributed by atoms with E-state index in [0.717, 1.165) is 11.0 Å². The Bertz CT molecular complexity index is 1190. The van der Waals surface area contributed by atoms with Gasteiger partial charge in [0.1, 0.15) is 0 Å². The fraction of sp³-hybridized carbons (Fsp3) is 0.111. The number of benzene rings is 2. The first-order valence-electron chi connectivity index (χ1n) is 7.71. The molecule has 2 aromatic carbocycles. The number of fused-ring (bicyclic) bond motifs is 2. The van der Waals surface area contributed by atoms with Crippen LogP contribution >= 0.6 is 0 Å². The summed E-state index contributed by atoms with van der Waals surface area (Å²) in [5.41, 5.74) is 1.60. The van der Waals surface area contributed by atoms with E-state index in [1.165, 1.54) is 4.68 Å². The minimum absolute atomic E-state index is 0.273. The van der Waals surface area contributed by atoms with Crippen LogP contribution in [-0.4, -0.2) is 30.4 Å². The molecule has 0 unspecified atom stereocenters. The van der Waals surface area contributed by atoms with Gasteiger partial charge in [-0.25, -0.2) is 4.98 Å². The highest BCUT2D eigenvalue weighted by molar-refractivity contribution is 5.87. The zero-order chi connectivity index (χ0) is 17.6. The smallest absolute Gasteiger partial charge is 0.309 e. The Balaban J connectivity index is 2.07. The fourth-order valence-corrected chi connectivity index (χ4v) is 2.99. The molecular formula is C18H14N4O3. The Morgan fingerprint density at radius 1 is 1.08 bits per heavy atom. The molecule has 4 aromatic rings. The van der Waals surface area contributed by atoms with Crippen molar-refractivity contribution in [3.05, 3.63) is 64.6 Å². The number of carboxylic acid groups (broad SMARTS) is 1. The van der Waals surface area contributed by atoms with E-state index in [-0.39, 0.29) is 12.0 Å². The SMILES string of the molecule is Cn1c(-n2nc(CC(=O)O)c3ccccc3c2=O)nc2ccccc21. The van der Waals surface area contributed by atoms with Crippen molar-refractivity contribution in [3.63, 3.8) is 0 Å². The van der Waals surface area contributed by atoms with Crippen molar-refractivity contribution in [2.75, 3.05) is 0 Å². The molecule has 0 spiro atoms. The van der Waals surface area contributed by atoms with Crippen LogP contribution in [0.3, 0.4) is 0 Å². The lowest BCUT2D eigenvalue weighted by Gasteiger charge is -2.09. The number of rotatable bonds is 3. The van der Waals surface area contributed by atoms with Gasteiger partial charge in [-0.3, -0.25) is 9.59 Å². The second-order valence-corrected chi connectivity index (χ2v) is 5.74. The van der Waals surface area contributed by atoms with Crippen molar-refractivity contribution >= 4 is 27.8 Å². The fourth-order valence-electron chi connectivity index (χ4n) is 2.99. The van der Waals surface area contributed by atoms with Crippen molar-refractivity contribution in [3.8, 4) is 5.95 Å². The van der Waals surface area contributed by atoms with Gasteiger partial charge in [0.05, 0.1) is 28.5 Å². The Kier molecular flexibility index (Phi) is 3.35. The van der Waals surface area contributed by atoms with E-state index < -0.39 is 5.97 Å². The number of para-hydroxylation sites is 2. The molecule has 0 aliphatic carbocycles. The molecule has 0 saturated heterocycles.